The van der Waals surface area contributed by atoms with Gasteiger partial charge in [0.25, 0.3) is 0 Å². The smallest absolute Gasteiger partial charge is 0.237 e. The molecule has 0 saturated heterocycles. The lowest BCUT2D eigenvalue weighted by Crippen LogP contribution is -2.48. The van der Waals surface area contributed by atoms with E-state index in [0.717, 1.165) is 10.9 Å². The summed E-state index contributed by atoms with van der Waals surface area (Å²) in [6, 6.07) is 7.61. The lowest BCUT2D eigenvalue weighted by Gasteiger charge is -2.25. The molecule has 0 heterocycles. The van der Waals surface area contributed by atoms with Gasteiger partial charge in [-0.1, -0.05) is 48.8 Å². The second-order valence-corrected chi connectivity index (χ2v) is 6.43. The average Bonchev–Trinajstić information content (AvgIpc) is 2.29. The second-order valence-electron chi connectivity index (χ2n) is 5.51. The quantitative estimate of drug-likeness (QED) is 0.878. The van der Waals surface area contributed by atoms with Crippen molar-refractivity contribution < 1.29 is 4.79 Å². The Bertz CT molecular complexity index is 401. The molecule has 1 atom stereocenters. The summed E-state index contributed by atoms with van der Waals surface area (Å²) in [5.74, 6) is -0.0837. The van der Waals surface area contributed by atoms with Gasteiger partial charge in [-0.15, -0.1) is 12.4 Å². The highest BCUT2D eigenvalue weighted by atomic mass is 79.9. The van der Waals surface area contributed by atoms with Crippen molar-refractivity contribution in [2.24, 2.45) is 11.1 Å². The van der Waals surface area contributed by atoms with Gasteiger partial charge >= 0.3 is 0 Å². The number of amides is 1. The molecule has 0 aliphatic heterocycles. The molecule has 1 aromatic rings. The minimum absolute atomic E-state index is 0. The fourth-order valence-electron chi connectivity index (χ4n) is 1.48. The predicted octanol–water partition coefficient (Wildman–Crippen LogP) is 2.90. The number of carbonyl (C=O) groups excluding carboxylic acids is 1. The molecule has 0 aliphatic rings. The second kappa shape index (κ2) is 7.88. The molecule has 0 radical (unpaired) electrons. The molecule has 0 fully saturated rings. The van der Waals surface area contributed by atoms with Gasteiger partial charge in [0.1, 0.15) is 0 Å². The lowest BCUT2D eigenvalue weighted by atomic mass is 9.87. The third-order valence-electron chi connectivity index (χ3n) is 2.84. The number of carbonyl (C=O) groups is 1. The Morgan fingerprint density at radius 3 is 2.32 bits per heavy atom. The summed E-state index contributed by atoms with van der Waals surface area (Å²) in [4.78, 5) is 11.8. The van der Waals surface area contributed by atoms with Crippen molar-refractivity contribution in [3.63, 3.8) is 0 Å². The molecule has 1 aromatic carbocycles. The van der Waals surface area contributed by atoms with Crippen molar-refractivity contribution in [1.82, 2.24) is 5.32 Å². The third-order valence-corrected chi connectivity index (χ3v) is 3.37. The Morgan fingerprint density at radius 2 is 1.84 bits per heavy atom. The average molecular weight is 350 g/mol. The standard InChI is InChI=1S/C14H21BrN2O.ClH/c1-14(2,3)12(16)13(18)17-9-8-10-4-6-11(15)7-5-10;/h4-7,12H,8-9,16H2,1-3H3,(H,17,18);1H/t12-;/m1./s1. The van der Waals surface area contributed by atoms with Crippen molar-refractivity contribution in [1.29, 1.82) is 0 Å². The van der Waals surface area contributed by atoms with Gasteiger partial charge in [-0.25, -0.2) is 0 Å². The minimum atomic E-state index is -0.470. The first-order valence-electron chi connectivity index (χ1n) is 6.08. The van der Waals surface area contributed by atoms with Crippen LogP contribution < -0.4 is 11.1 Å². The third kappa shape index (κ3) is 6.41. The highest BCUT2D eigenvalue weighted by Gasteiger charge is 2.26. The van der Waals surface area contributed by atoms with Crippen LogP contribution in [0.25, 0.3) is 0 Å². The summed E-state index contributed by atoms with van der Waals surface area (Å²) in [7, 11) is 0. The van der Waals surface area contributed by atoms with Crippen LogP contribution in [0.15, 0.2) is 28.7 Å². The fourth-order valence-corrected chi connectivity index (χ4v) is 1.75. The van der Waals surface area contributed by atoms with E-state index in [1.165, 1.54) is 5.56 Å². The van der Waals surface area contributed by atoms with Gasteiger partial charge in [0.2, 0.25) is 5.91 Å². The zero-order valence-electron chi connectivity index (χ0n) is 11.6. The van der Waals surface area contributed by atoms with Crippen molar-refractivity contribution in [3.05, 3.63) is 34.3 Å². The van der Waals surface area contributed by atoms with Crippen molar-refractivity contribution in [3.8, 4) is 0 Å². The van der Waals surface area contributed by atoms with Crippen LogP contribution in [0.3, 0.4) is 0 Å². The molecule has 3 N–H and O–H groups in total. The van der Waals surface area contributed by atoms with E-state index < -0.39 is 6.04 Å². The van der Waals surface area contributed by atoms with Crippen LogP contribution >= 0.6 is 28.3 Å². The Hall–Kier alpha value is -0.580. The topological polar surface area (TPSA) is 55.1 Å². The first-order valence-corrected chi connectivity index (χ1v) is 6.88. The van der Waals surface area contributed by atoms with Gasteiger partial charge in [0.15, 0.2) is 0 Å². The van der Waals surface area contributed by atoms with Crippen LogP contribution in [0.1, 0.15) is 26.3 Å². The molecule has 0 aromatic heterocycles. The maximum atomic E-state index is 11.8. The number of rotatable bonds is 4. The SMILES string of the molecule is CC(C)(C)[C@H](N)C(=O)NCCc1ccc(Br)cc1.Cl. The normalized spacial score (nSPS) is 12.5. The monoisotopic (exact) mass is 348 g/mol. The molecular formula is C14H22BrClN2O. The number of hydrogen-bond donors (Lipinski definition) is 2. The largest absolute Gasteiger partial charge is 0.354 e. The van der Waals surface area contributed by atoms with Gasteiger partial charge in [-0.3, -0.25) is 4.79 Å². The summed E-state index contributed by atoms with van der Waals surface area (Å²) in [5, 5.41) is 2.88. The van der Waals surface area contributed by atoms with Crippen LogP contribution in [0, 0.1) is 5.41 Å². The van der Waals surface area contributed by atoms with E-state index in [0.29, 0.717) is 6.54 Å². The molecule has 5 heteroatoms. The van der Waals surface area contributed by atoms with Crippen molar-refractivity contribution in [2.75, 3.05) is 6.54 Å². The Balaban J connectivity index is 0.00000324. The van der Waals surface area contributed by atoms with E-state index in [1.54, 1.807) is 0 Å². The number of hydrogen-bond acceptors (Lipinski definition) is 2. The molecule has 0 saturated carbocycles. The van der Waals surface area contributed by atoms with Gasteiger partial charge in [-0.05, 0) is 29.5 Å². The molecule has 1 rings (SSSR count). The zero-order chi connectivity index (χ0) is 13.8. The van der Waals surface area contributed by atoms with Crippen LogP contribution in [-0.2, 0) is 11.2 Å². The number of nitrogens with two attached hydrogens (primary N) is 1. The number of benzene rings is 1. The lowest BCUT2D eigenvalue weighted by molar-refractivity contribution is -0.124. The molecule has 1 amide bonds. The molecule has 0 bridgehead atoms. The molecule has 0 unspecified atom stereocenters. The van der Waals surface area contributed by atoms with Crippen LogP contribution in [0.2, 0.25) is 0 Å². The molecular weight excluding hydrogens is 328 g/mol. The van der Waals surface area contributed by atoms with E-state index in [2.05, 4.69) is 21.2 Å². The molecule has 108 valence electrons. The maximum Gasteiger partial charge on any atom is 0.237 e. The van der Waals surface area contributed by atoms with Crippen molar-refractivity contribution >= 4 is 34.2 Å². The predicted molar refractivity (Wildman–Crippen MR) is 85.5 cm³/mol. The molecule has 0 aliphatic carbocycles. The fraction of sp³-hybridized carbons (Fsp3) is 0.500. The highest BCUT2D eigenvalue weighted by Crippen LogP contribution is 2.17. The van der Waals surface area contributed by atoms with E-state index in [-0.39, 0.29) is 23.7 Å². The van der Waals surface area contributed by atoms with E-state index in [1.807, 2.05) is 45.0 Å². The van der Waals surface area contributed by atoms with E-state index >= 15 is 0 Å². The first kappa shape index (κ1) is 18.4. The summed E-state index contributed by atoms with van der Waals surface area (Å²) >= 11 is 3.39. The summed E-state index contributed by atoms with van der Waals surface area (Å²) in [5.41, 5.74) is 6.87. The summed E-state index contributed by atoms with van der Waals surface area (Å²) in [6.45, 7) is 6.51. The number of nitrogens with one attached hydrogen (secondary N) is 1. The zero-order valence-corrected chi connectivity index (χ0v) is 14.0. The maximum absolute atomic E-state index is 11.8. The van der Waals surface area contributed by atoms with Crippen LogP contribution in [0.4, 0.5) is 0 Å². The molecule has 0 spiro atoms. The van der Waals surface area contributed by atoms with Gasteiger partial charge in [0, 0.05) is 11.0 Å². The summed E-state index contributed by atoms with van der Waals surface area (Å²) in [6.07, 6.45) is 0.815. The van der Waals surface area contributed by atoms with Crippen LogP contribution in [0.5, 0.6) is 0 Å². The first-order chi connectivity index (χ1) is 8.30. The van der Waals surface area contributed by atoms with E-state index in [4.69, 9.17) is 5.73 Å². The minimum Gasteiger partial charge on any atom is -0.354 e. The number of halogens is 2. The highest BCUT2D eigenvalue weighted by molar-refractivity contribution is 9.10. The molecule has 3 nitrogen and oxygen atoms in total. The summed E-state index contributed by atoms with van der Waals surface area (Å²) < 4.78 is 1.06. The molecule has 19 heavy (non-hydrogen) atoms. The van der Waals surface area contributed by atoms with Crippen LogP contribution in [-0.4, -0.2) is 18.5 Å². The van der Waals surface area contributed by atoms with Gasteiger partial charge in [0.05, 0.1) is 6.04 Å². The van der Waals surface area contributed by atoms with E-state index in [9.17, 15) is 4.79 Å². The van der Waals surface area contributed by atoms with Gasteiger partial charge < -0.3 is 11.1 Å². The Labute approximate surface area is 129 Å². The van der Waals surface area contributed by atoms with Gasteiger partial charge in [-0.2, -0.15) is 0 Å². The Morgan fingerprint density at radius 1 is 1.32 bits per heavy atom. The Kier molecular flexibility index (Phi) is 7.64. The van der Waals surface area contributed by atoms with Crippen molar-refractivity contribution in [2.45, 2.75) is 33.2 Å².